The second-order valence-electron chi connectivity index (χ2n) is 5.68. The molecule has 1 N–H and O–H groups in total. The van der Waals surface area contributed by atoms with E-state index in [0.717, 1.165) is 56.4 Å². The summed E-state index contributed by atoms with van der Waals surface area (Å²) in [7, 11) is -3.40. The first-order chi connectivity index (χ1) is 9.65. The lowest BCUT2D eigenvalue weighted by atomic mass is 9.96. The average molecular weight is 295 g/mol. The molecule has 1 aromatic carbocycles. The molecule has 1 saturated carbocycles. The minimum absolute atomic E-state index is 0.0982. The molecule has 1 fully saturated rings. The van der Waals surface area contributed by atoms with E-state index in [4.69, 9.17) is 4.74 Å². The molecule has 0 bridgehead atoms. The number of aryl methyl sites for hydroxylation is 1. The van der Waals surface area contributed by atoms with Gasteiger partial charge in [-0.3, -0.25) is 0 Å². The monoisotopic (exact) mass is 295 g/mol. The summed E-state index contributed by atoms with van der Waals surface area (Å²) in [5.41, 5.74) is 1.00. The third-order valence-corrected chi connectivity index (χ3v) is 5.64. The summed E-state index contributed by atoms with van der Waals surface area (Å²) in [4.78, 5) is 0.368. The Balaban J connectivity index is 1.79. The van der Waals surface area contributed by atoms with Gasteiger partial charge >= 0.3 is 0 Å². The summed E-state index contributed by atoms with van der Waals surface area (Å²) < 4.78 is 33.2. The number of ether oxygens (including phenoxy) is 1. The highest BCUT2D eigenvalue weighted by Crippen LogP contribution is 2.28. The summed E-state index contributed by atoms with van der Waals surface area (Å²) in [6.45, 7) is 0.722. The molecule has 1 aliphatic heterocycles. The number of hydrogen-bond donors (Lipinski definition) is 1. The van der Waals surface area contributed by atoms with Crippen LogP contribution in [0.25, 0.3) is 0 Å². The van der Waals surface area contributed by atoms with Crippen molar-refractivity contribution in [3.63, 3.8) is 0 Å². The highest BCUT2D eigenvalue weighted by molar-refractivity contribution is 7.89. The molecule has 0 saturated heterocycles. The Labute approximate surface area is 120 Å². The Morgan fingerprint density at radius 1 is 1.10 bits per heavy atom. The number of sulfonamides is 1. The molecule has 4 nitrogen and oxygen atoms in total. The zero-order valence-corrected chi connectivity index (χ0v) is 12.4. The third-order valence-electron chi connectivity index (χ3n) is 4.12. The summed E-state index contributed by atoms with van der Waals surface area (Å²) in [5.74, 6) is 0.827. The van der Waals surface area contributed by atoms with Crippen LogP contribution in [0.2, 0.25) is 0 Å². The fourth-order valence-electron chi connectivity index (χ4n) is 3.01. The lowest BCUT2D eigenvalue weighted by molar-refractivity contribution is 0.288. The van der Waals surface area contributed by atoms with Crippen molar-refractivity contribution in [2.45, 2.75) is 55.9 Å². The van der Waals surface area contributed by atoms with E-state index in [9.17, 15) is 8.42 Å². The molecule has 0 aromatic heterocycles. The summed E-state index contributed by atoms with van der Waals surface area (Å²) in [5, 5.41) is 0. The molecular weight excluding hydrogens is 274 g/mol. The van der Waals surface area contributed by atoms with Crippen LogP contribution in [0.4, 0.5) is 0 Å². The van der Waals surface area contributed by atoms with Crippen LogP contribution >= 0.6 is 0 Å². The fourth-order valence-corrected chi connectivity index (χ4v) is 4.37. The van der Waals surface area contributed by atoms with Crippen LogP contribution < -0.4 is 9.46 Å². The first kappa shape index (κ1) is 13.9. The highest BCUT2D eigenvalue weighted by atomic mass is 32.2. The van der Waals surface area contributed by atoms with Gasteiger partial charge in [0.05, 0.1) is 11.5 Å². The lowest BCUT2D eigenvalue weighted by Crippen LogP contribution is -2.36. The van der Waals surface area contributed by atoms with Crippen molar-refractivity contribution in [3.05, 3.63) is 23.8 Å². The third kappa shape index (κ3) is 2.99. The van der Waals surface area contributed by atoms with E-state index >= 15 is 0 Å². The van der Waals surface area contributed by atoms with Crippen LogP contribution in [0.1, 0.15) is 44.1 Å². The number of nitrogens with one attached hydrogen (secondary N) is 1. The average Bonchev–Trinajstić information content (AvgIpc) is 2.47. The SMILES string of the molecule is O=S(=O)(NC1CCCCC1)c1ccc2c(c1)CCCO2. The van der Waals surface area contributed by atoms with Gasteiger partial charge in [0.15, 0.2) is 0 Å². The zero-order chi connectivity index (χ0) is 14.0. The normalized spacial score (nSPS) is 20.2. The van der Waals surface area contributed by atoms with Crippen LogP contribution in [-0.2, 0) is 16.4 Å². The molecule has 110 valence electrons. The molecule has 0 amide bonds. The van der Waals surface area contributed by atoms with Crippen LogP contribution in [0, 0.1) is 0 Å². The predicted molar refractivity (Wildman–Crippen MR) is 77.5 cm³/mol. The predicted octanol–water partition coefficient (Wildman–Crippen LogP) is 2.62. The van der Waals surface area contributed by atoms with Crippen molar-refractivity contribution in [2.75, 3.05) is 6.61 Å². The number of benzene rings is 1. The first-order valence-electron chi connectivity index (χ1n) is 7.43. The van der Waals surface area contributed by atoms with Gasteiger partial charge in [0.2, 0.25) is 10.0 Å². The Morgan fingerprint density at radius 3 is 2.70 bits per heavy atom. The van der Waals surface area contributed by atoms with E-state index in [0.29, 0.717) is 4.90 Å². The number of rotatable bonds is 3. The van der Waals surface area contributed by atoms with Crippen LogP contribution in [0.5, 0.6) is 5.75 Å². The van der Waals surface area contributed by atoms with Gasteiger partial charge in [0.25, 0.3) is 0 Å². The molecule has 0 radical (unpaired) electrons. The first-order valence-corrected chi connectivity index (χ1v) is 8.91. The van der Waals surface area contributed by atoms with Crippen molar-refractivity contribution in [1.29, 1.82) is 0 Å². The van der Waals surface area contributed by atoms with Crippen molar-refractivity contribution < 1.29 is 13.2 Å². The van der Waals surface area contributed by atoms with E-state index in [1.165, 1.54) is 6.42 Å². The molecule has 0 atom stereocenters. The smallest absolute Gasteiger partial charge is 0.240 e. The molecule has 20 heavy (non-hydrogen) atoms. The Bertz CT molecular complexity index is 577. The minimum atomic E-state index is -3.40. The molecule has 1 aromatic rings. The Morgan fingerprint density at radius 2 is 1.90 bits per heavy atom. The van der Waals surface area contributed by atoms with E-state index in [2.05, 4.69) is 4.72 Å². The van der Waals surface area contributed by atoms with E-state index in [1.807, 2.05) is 0 Å². The molecule has 1 heterocycles. The van der Waals surface area contributed by atoms with Crippen LogP contribution in [-0.4, -0.2) is 21.1 Å². The lowest BCUT2D eigenvalue weighted by Gasteiger charge is -2.23. The van der Waals surface area contributed by atoms with Gasteiger partial charge in [-0.15, -0.1) is 0 Å². The van der Waals surface area contributed by atoms with Gasteiger partial charge in [-0.05, 0) is 49.4 Å². The maximum absolute atomic E-state index is 12.4. The van der Waals surface area contributed by atoms with E-state index < -0.39 is 10.0 Å². The molecule has 3 rings (SSSR count). The van der Waals surface area contributed by atoms with Crippen LogP contribution in [0.3, 0.4) is 0 Å². The van der Waals surface area contributed by atoms with Crippen LogP contribution in [0.15, 0.2) is 23.1 Å². The molecule has 1 aliphatic carbocycles. The standard InChI is InChI=1S/C15H21NO3S/c17-20(18,16-13-6-2-1-3-7-13)14-8-9-15-12(11-14)5-4-10-19-15/h8-9,11,13,16H,1-7,10H2. The van der Waals surface area contributed by atoms with Gasteiger partial charge in [-0.2, -0.15) is 0 Å². The van der Waals surface area contributed by atoms with E-state index in [-0.39, 0.29) is 6.04 Å². The van der Waals surface area contributed by atoms with Gasteiger partial charge in [0, 0.05) is 6.04 Å². The molecular formula is C15H21NO3S. The second kappa shape index (κ2) is 5.74. The van der Waals surface area contributed by atoms with Gasteiger partial charge in [-0.1, -0.05) is 19.3 Å². The quantitative estimate of drug-likeness (QED) is 0.932. The summed E-state index contributed by atoms with van der Waals surface area (Å²) >= 11 is 0. The molecule has 0 unspecified atom stereocenters. The number of hydrogen-bond acceptors (Lipinski definition) is 3. The highest BCUT2D eigenvalue weighted by Gasteiger charge is 2.23. The van der Waals surface area contributed by atoms with Gasteiger partial charge in [0.1, 0.15) is 5.75 Å². The Hall–Kier alpha value is -1.07. The van der Waals surface area contributed by atoms with Gasteiger partial charge in [-0.25, -0.2) is 13.1 Å². The van der Waals surface area contributed by atoms with Gasteiger partial charge < -0.3 is 4.74 Å². The summed E-state index contributed by atoms with van der Waals surface area (Å²) in [6.07, 6.45) is 7.19. The maximum Gasteiger partial charge on any atom is 0.240 e. The maximum atomic E-state index is 12.4. The number of fused-ring (bicyclic) bond motifs is 1. The fraction of sp³-hybridized carbons (Fsp3) is 0.600. The molecule has 0 spiro atoms. The van der Waals surface area contributed by atoms with Crippen molar-refractivity contribution in [1.82, 2.24) is 4.72 Å². The van der Waals surface area contributed by atoms with Crippen molar-refractivity contribution in [2.24, 2.45) is 0 Å². The molecule has 5 heteroatoms. The topological polar surface area (TPSA) is 55.4 Å². The van der Waals surface area contributed by atoms with Crippen molar-refractivity contribution in [3.8, 4) is 5.75 Å². The van der Waals surface area contributed by atoms with E-state index in [1.54, 1.807) is 18.2 Å². The molecule has 2 aliphatic rings. The second-order valence-corrected chi connectivity index (χ2v) is 7.39. The summed E-state index contributed by atoms with van der Waals surface area (Å²) in [6, 6.07) is 5.29. The zero-order valence-electron chi connectivity index (χ0n) is 11.6. The van der Waals surface area contributed by atoms with Crippen molar-refractivity contribution >= 4 is 10.0 Å². The largest absolute Gasteiger partial charge is 0.493 e. The minimum Gasteiger partial charge on any atom is -0.493 e. The Kier molecular flexibility index (Phi) is 3.98.